The molecule has 2 aromatic carbocycles. The standard InChI is InChI=1S/C17H12F3N3O/c18-17(19,20)12-6-8-16(21-9-12)23-22-10-14-13-4-2-1-3-11(13)5-7-15(14)24/h1-10,24H,(H,21,23)/b22-10-. The molecule has 0 saturated heterocycles. The van der Waals surface area contributed by atoms with Crippen LogP contribution >= 0.6 is 0 Å². The normalized spacial score (nSPS) is 12.0. The maximum atomic E-state index is 12.5. The summed E-state index contributed by atoms with van der Waals surface area (Å²) >= 11 is 0. The number of phenolic OH excluding ortho intramolecular Hbond substituents is 1. The molecule has 2 N–H and O–H groups in total. The smallest absolute Gasteiger partial charge is 0.417 e. The van der Waals surface area contributed by atoms with Gasteiger partial charge in [0, 0.05) is 11.8 Å². The Kier molecular flexibility index (Phi) is 4.07. The Labute approximate surface area is 135 Å². The average molecular weight is 331 g/mol. The highest BCUT2D eigenvalue weighted by Crippen LogP contribution is 2.29. The van der Waals surface area contributed by atoms with Crippen molar-refractivity contribution in [1.82, 2.24) is 4.98 Å². The zero-order valence-electron chi connectivity index (χ0n) is 12.2. The number of phenols is 1. The lowest BCUT2D eigenvalue weighted by Crippen LogP contribution is -2.05. The van der Waals surface area contributed by atoms with Crippen LogP contribution in [0.4, 0.5) is 19.0 Å². The largest absolute Gasteiger partial charge is 0.507 e. The Bertz CT molecular complexity index is 890. The summed E-state index contributed by atoms with van der Waals surface area (Å²) in [7, 11) is 0. The molecule has 122 valence electrons. The molecule has 0 unspecified atom stereocenters. The molecule has 0 saturated carbocycles. The van der Waals surface area contributed by atoms with Gasteiger partial charge < -0.3 is 5.11 Å². The van der Waals surface area contributed by atoms with Gasteiger partial charge in [-0.15, -0.1) is 0 Å². The molecule has 0 spiro atoms. The minimum Gasteiger partial charge on any atom is -0.507 e. The van der Waals surface area contributed by atoms with Gasteiger partial charge in [0.1, 0.15) is 11.6 Å². The number of fused-ring (bicyclic) bond motifs is 1. The first-order chi connectivity index (χ1) is 11.4. The number of benzene rings is 2. The monoisotopic (exact) mass is 331 g/mol. The Morgan fingerprint density at radius 3 is 2.54 bits per heavy atom. The van der Waals surface area contributed by atoms with Gasteiger partial charge in [-0.25, -0.2) is 4.98 Å². The second kappa shape index (κ2) is 6.19. The molecule has 0 radical (unpaired) electrons. The van der Waals surface area contributed by atoms with Crippen molar-refractivity contribution in [2.24, 2.45) is 5.10 Å². The minimum absolute atomic E-state index is 0.0552. The van der Waals surface area contributed by atoms with Crippen LogP contribution in [-0.4, -0.2) is 16.3 Å². The number of nitrogens with zero attached hydrogens (tertiary/aromatic N) is 2. The van der Waals surface area contributed by atoms with Gasteiger partial charge in [-0.3, -0.25) is 5.43 Å². The molecule has 0 bridgehead atoms. The highest BCUT2D eigenvalue weighted by molar-refractivity contribution is 6.02. The van der Waals surface area contributed by atoms with E-state index in [0.29, 0.717) is 5.56 Å². The van der Waals surface area contributed by atoms with Crippen LogP contribution in [0.3, 0.4) is 0 Å². The topological polar surface area (TPSA) is 57.5 Å². The molecule has 0 aliphatic rings. The molecule has 1 aromatic heterocycles. The van der Waals surface area contributed by atoms with E-state index < -0.39 is 11.7 Å². The average Bonchev–Trinajstić information content (AvgIpc) is 2.56. The van der Waals surface area contributed by atoms with Crippen molar-refractivity contribution >= 4 is 22.8 Å². The van der Waals surface area contributed by atoms with Crippen LogP contribution in [0.1, 0.15) is 11.1 Å². The zero-order valence-corrected chi connectivity index (χ0v) is 12.2. The van der Waals surface area contributed by atoms with E-state index in [9.17, 15) is 18.3 Å². The molecule has 0 aliphatic heterocycles. The van der Waals surface area contributed by atoms with E-state index in [1.807, 2.05) is 24.3 Å². The van der Waals surface area contributed by atoms with Crippen LogP contribution in [0, 0.1) is 0 Å². The summed E-state index contributed by atoms with van der Waals surface area (Å²) in [6, 6.07) is 12.9. The van der Waals surface area contributed by atoms with Crippen LogP contribution < -0.4 is 5.43 Å². The number of halogens is 3. The Hall–Kier alpha value is -3.09. The van der Waals surface area contributed by atoms with Gasteiger partial charge in [-0.05, 0) is 29.0 Å². The van der Waals surface area contributed by atoms with Crippen molar-refractivity contribution in [3.63, 3.8) is 0 Å². The van der Waals surface area contributed by atoms with Crippen molar-refractivity contribution in [3.8, 4) is 5.75 Å². The number of rotatable bonds is 3. The third kappa shape index (κ3) is 3.29. The molecule has 0 aliphatic carbocycles. The summed E-state index contributed by atoms with van der Waals surface area (Å²) in [5, 5.41) is 15.7. The lowest BCUT2D eigenvalue weighted by Gasteiger charge is -2.07. The van der Waals surface area contributed by atoms with E-state index in [4.69, 9.17) is 0 Å². The molecule has 0 fully saturated rings. The number of nitrogens with one attached hydrogen (secondary N) is 1. The fourth-order valence-corrected chi connectivity index (χ4v) is 2.21. The number of pyridine rings is 1. The highest BCUT2D eigenvalue weighted by Gasteiger charge is 2.30. The van der Waals surface area contributed by atoms with Crippen LogP contribution in [0.25, 0.3) is 10.8 Å². The number of aromatic nitrogens is 1. The number of hydrogen-bond donors (Lipinski definition) is 2. The van der Waals surface area contributed by atoms with Crippen LogP contribution in [-0.2, 0) is 6.18 Å². The van der Waals surface area contributed by atoms with Crippen molar-refractivity contribution in [3.05, 3.63) is 65.9 Å². The fraction of sp³-hybridized carbons (Fsp3) is 0.0588. The van der Waals surface area contributed by atoms with Gasteiger partial charge >= 0.3 is 6.18 Å². The van der Waals surface area contributed by atoms with Crippen LogP contribution in [0.5, 0.6) is 5.75 Å². The Morgan fingerprint density at radius 2 is 1.83 bits per heavy atom. The lowest BCUT2D eigenvalue weighted by atomic mass is 10.0. The van der Waals surface area contributed by atoms with Gasteiger partial charge in [-0.1, -0.05) is 30.3 Å². The first-order valence-corrected chi connectivity index (χ1v) is 6.98. The van der Waals surface area contributed by atoms with Crippen molar-refractivity contribution in [2.45, 2.75) is 6.18 Å². The third-order valence-electron chi connectivity index (χ3n) is 3.41. The summed E-state index contributed by atoms with van der Waals surface area (Å²) in [5.74, 6) is 0.221. The maximum Gasteiger partial charge on any atom is 0.417 e. The molecule has 0 amide bonds. The van der Waals surface area contributed by atoms with Crippen LogP contribution in [0.2, 0.25) is 0 Å². The van der Waals surface area contributed by atoms with Crippen molar-refractivity contribution in [1.29, 1.82) is 0 Å². The van der Waals surface area contributed by atoms with E-state index in [1.54, 1.807) is 12.1 Å². The number of aromatic hydroxyl groups is 1. The number of hydrazone groups is 1. The Morgan fingerprint density at radius 1 is 1.04 bits per heavy atom. The van der Waals surface area contributed by atoms with Crippen molar-refractivity contribution in [2.75, 3.05) is 5.43 Å². The number of anilines is 1. The van der Waals surface area contributed by atoms with Gasteiger partial charge in [-0.2, -0.15) is 18.3 Å². The van der Waals surface area contributed by atoms with E-state index in [2.05, 4.69) is 15.5 Å². The summed E-state index contributed by atoms with van der Waals surface area (Å²) in [6.07, 6.45) is -2.30. The zero-order chi connectivity index (χ0) is 17.2. The van der Waals surface area contributed by atoms with E-state index >= 15 is 0 Å². The Balaban J connectivity index is 1.81. The summed E-state index contributed by atoms with van der Waals surface area (Å²) in [6.45, 7) is 0. The van der Waals surface area contributed by atoms with Gasteiger partial charge in [0.25, 0.3) is 0 Å². The molecule has 7 heteroatoms. The number of alkyl halides is 3. The van der Waals surface area contributed by atoms with E-state index in [-0.39, 0.29) is 11.6 Å². The van der Waals surface area contributed by atoms with Gasteiger partial charge in [0.2, 0.25) is 0 Å². The van der Waals surface area contributed by atoms with E-state index in [1.165, 1.54) is 12.3 Å². The van der Waals surface area contributed by atoms with Crippen LogP contribution in [0.15, 0.2) is 59.8 Å². The van der Waals surface area contributed by atoms with Gasteiger partial charge in [0.15, 0.2) is 0 Å². The molecular formula is C17H12F3N3O. The van der Waals surface area contributed by atoms with E-state index in [0.717, 1.165) is 23.0 Å². The molecular weight excluding hydrogens is 319 g/mol. The summed E-state index contributed by atoms with van der Waals surface area (Å²) in [4.78, 5) is 3.65. The molecule has 3 rings (SSSR count). The quantitative estimate of drug-likeness (QED) is 0.552. The molecule has 0 atom stereocenters. The fourth-order valence-electron chi connectivity index (χ4n) is 2.21. The third-order valence-corrected chi connectivity index (χ3v) is 3.41. The molecule has 24 heavy (non-hydrogen) atoms. The molecule has 3 aromatic rings. The number of hydrogen-bond acceptors (Lipinski definition) is 4. The second-order valence-corrected chi connectivity index (χ2v) is 5.02. The molecule has 4 nitrogen and oxygen atoms in total. The summed E-state index contributed by atoms with van der Waals surface area (Å²) in [5.41, 5.74) is 2.22. The predicted octanol–water partition coefficient (Wildman–Crippen LogP) is 4.41. The van der Waals surface area contributed by atoms with Crippen molar-refractivity contribution < 1.29 is 18.3 Å². The highest BCUT2D eigenvalue weighted by atomic mass is 19.4. The first kappa shape index (κ1) is 15.8. The maximum absolute atomic E-state index is 12.5. The molecule has 1 heterocycles. The van der Waals surface area contributed by atoms with Gasteiger partial charge in [0.05, 0.1) is 11.8 Å². The summed E-state index contributed by atoms with van der Waals surface area (Å²) < 4.78 is 37.4. The minimum atomic E-state index is -4.43. The second-order valence-electron chi connectivity index (χ2n) is 5.02. The first-order valence-electron chi connectivity index (χ1n) is 6.98. The SMILES string of the molecule is Oc1ccc2ccccc2c1/C=N\Nc1ccc(C(F)(F)F)cn1. The lowest BCUT2D eigenvalue weighted by molar-refractivity contribution is -0.137. The predicted molar refractivity (Wildman–Crippen MR) is 86.1 cm³/mol.